The first kappa shape index (κ1) is 12.2. The molecule has 0 atom stereocenters. The van der Waals surface area contributed by atoms with E-state index in [1.807, 2.05) is 13.8 Å². The molecule has 0 radical (unpaired) electrons. The van der Waals surface area contributed by atoms with Crippen LogP contribution in [0.5, 0.6) is 0 Å². The lowest BCUT2D eigenvalue weighted by molar-refractivity contribution is -0.128. The molecule has 76 valence electrons. The molecule has 0 bridgehead atoms. The molecule has 0 aromatic rings. The molecule has 3 nitrogen and oxygen atoms in total. The second kappa shape index (κ2) is 5.75. The maximum atomic E-state index is 11.6. The molecule has 2 N–H and O–H groups in total. The Morgan fingerprint density at radius 2 is 2.08 bits per heavy atom. The van der Waals surface area contributed by atoms with Crippen LogP contribution in [0.3, 0.4) is 0 Å². The van der Waals surface area contributed by atoms with Crippen LogP contribution in [0.4, 0.5) is 0 Å². The zero-order chi connectivity index (χ0) is 10.4. The Kier molecular flexibility index (Phi) is 5.39. The van der Waals surface area contributed by atoms with Gasteiger partial charge in [-0.15, -0.1) is 0 Å². The molecule has 3 heteroatoms. The van der Waals surface area contributed by atoms with Crippen LogP contribution >= 0.6 is 0 Å². The predicted octanol–water partition coefficient (Wildman–Crippen LogP) is 1.15. The van der Waals surface area contributed by atoms with Gasteiger partial charge in [0, 0.05) is 18.2 Å². The summed E-state index contributed by atoms with van der Waals surface area (Å²) in [4.78, 5) is 13.4. The van der Waals surface area contributed by atoms with Crippen LogP contribution in [0.15, 0.2) is 12.2 Å². The van der Waals surface area contributed by atoms with Crippen molar-refractivity contribution in [2.45, 2.75) is 33.2 Å². The average molecular weight is 184 g/mol. The largest absolute Gasteiger partial charge is 0.336 e. The number of rotatable bonds is 5. The summed E-state index contributed by atoms with van der Waals surface area (Å²) in [5.41, 5.74) is 5.98. The highest BCUT2D eigenvalue weighted by Gasteiger charge is 2.15. The summed E-state index contributed by atoms with van der Waals surface area (Å²) in [7, 11) is 0. The number of hydrogen-bond donors (Lipinski definition) is 1. The van der Waals surface area contributed by atoms with Gasteiger partial charge in [0.1, 0.15) is 0 Å². The fourth-order valence-corrected chi connectivity index (χ4v) is 1.10. The first-order chi connectivity index (χ1) is 6.00. The monoisotopic (exact) mass is 184 g/mol. The fourth-order valence-electron chi connectivity index (χ4n) is 1.10. The van der Waals surface area contributed by atoms with Crippen molar-refractivity contribution in [2.24, 2.45) is 5.73 Å². The summed E-state index contributed by atoms with van der Waals surface area (Å²) < 4.78 is 0. The van der Waals surface area contributed by atoms with Gasteiger partial charge in [-0.1, -0.05) is 6.58 Å². The van der Waals surface area contributed by atoms with E-state index in [0.29, 0.717) is 12.1 Å². The Hall–Kier alpha value is -0.830. The van der Waals surface area contributed by atoms with Crippen LogP contribution in [0.25, 0.3) is 0 Å². The summed E-state index contributed by atoms with van der Waals surface area (Å²) in [6.07, 6.45) is 0.844. The standard InChI is InChI=1S/C10H20N2O/c1-8(2)10(13)12(9(3)4)7-5-6-11/h9H,1,5-7,11H2,2-4H3. The SMILES string of the molecule is C=C(C)C(=O)N(CCCN)C(C)C. The van der Waals surface area contributed by atoms with Gasteiger partial charge in [0.05, 0.1) is 0 Å². The number of carbonyl (C=O) groups excluding carboxylic acids is 1. The smallest absolute Gasteiger partial charge is 0.249 e. The number of carbonyl (C=O) groups is 1. The second-order valence-electron chi connectivity index (χ2n) is 3.51. The lowest BCUT2D eigenvalue weighted by Gasteiger charge is -2.26. The summed E-state index contributed by atoms with van der Waals surface area (Å²) >= 11 is 0. The van der Waals surface area contributed by atoms with Crippen molar-refractivity contribution in [3.63, 3.8) is 0 Å². The zero-order valence-corrected chi connectivity index (χ0v) is 8.84. The van der Waals surface area contributed by atoms with Crippen molar-refractivity contribution in [1.29, 1.82) is 0 Å². The van der Waals surface area contributed by atoms with Crippen LogP contribution < -0.4 is 5.73 Å². The van der Waals surface area contributed by atoms with Crippen molar-refractivity contribution in [3.8, 4) is 0 Å². The Balaban J connectivity index is 4.24. The van der Waals surface area contributed by atoms with Crippen LogP contribution in [-0.4, -0.2) is 29.9 Å². The third-order valence-electron chi connectivity index (χ3n) is 1.85. The summed E-state index contributed by atoms with van der Waals surface area (Å²) in [6.45, 7) is 10.7. The normalized spacial score (nSPS) is 10.2. The third kappa shape index (κ3) is 4.08. The zero-order valence-electron chi connectivity index (χ0n) is 8.84. The van der Waals surface area contributed by atoms with Crippen molar-refractivity contribution in [2.75, 3.05) is 13.1 Å². The number of hydrogen-bond acceptors (Lipinski definition) is 2. The highest BCUT2D eigenvalue weighted by Crippen LogP contribution is 2.05. The average Bonchev–Trinajstić information content (AvgIpc) is 2.04. The minimum atomic E-state index is 0.0310. The van der Waals surface area contributed by atoms with E-state index >= 15 is 0 Å². The summed E-state index contributed by atoms with van der Waals surface area (Å²) in [6, 6.07) is 0.218. The molecule has 0 heterocycles. The van der Waals surface area contributed by atoms with Crippen molar-refractivity contribution in [3.05, 3.63) is 12.2 Å². The van der Waals surface area contributed by atoms with E-state index in [-0.39, 0.29) is 11.9 Å². The number of amides is 1. The van der Waals surface area contributed by atoms with E-state index in [1.54, 1.807) is 11.8 Å². The Bertz CT molecular complexity index is 187. The molecule has 0 aliphatic rings. The first-order valence-corrected chi connectivity index (χ1v) is 4.67. The van der Waals surface area contributed by atoms with Crippen molar-refractivity contribution in [1.82, 2.24) is 4.90 Å². The second-order valence-corrected chi connectivity index (χ2v) is 3.51. The maximum absolute atomic E-state index is 11.6. The molecule has 0 aliphatic heterocycles. The molecule has 0 fully saturated rings. The quantitative estimate of drug-likeness (QED) is 0.651. The molecule has 13 heavy (non-hydrogen) atoms. The van der Waals surface area contributed by atoms with E-state index in [9.17, 15) is 4.79 Å². The molecular weight excluding hydrogens is 164 g/mol. The van der Waals surface area contributed by atoms with Crippen LogP contribution in [0, 0.1) is 0 Å². The third-order valence-corrected chi connectivity index (χ3v) is 1.85. The highest BCUT2D eigenvalue weighted by atomic mass is 16.2. The number of nitrogens with two attached hydrogens (primary N) is 1. The predicted molar refractivity (Wildman–Crippen MR) is 55.3 cm³/mol. The minimum Gasteiger partial charge on any atom is -0.336 e. The molecule has 1 amide bonds. The lowest BCUT2D eigenvalue weighted by Crippen LogP contribution is -2.38. The van der Waals surface area contributed by atoms with Crippen LogP contribution in [0.2, 0.25) is 0 Å². The van der Waals surface area contributed by atoms with Gasteiger partial charge >= 0.3 is 0 Å². The van der Waals surface area contributed by atoms with Gasteiger partial charge in [-0.05, 0) is 33.7 Å². The van der Waals surface area contributed by atoms with Gasteiger partial charge in [-0.25, -0.2) is 0 Å². The Morgan fingerprint density at radius 1 is 1.54 bits per heavy atom. The topological polar surface area (TPSA) is 46.3 Å². The fraction of sp³-hybridized carbons (Fsp3) is 0.700. The van der Waals surface area contributed by atoms with Crippen LogP contribution in [0.1, 0.15) is 27.2 Å². The highest BCUT2D eigenvalue weighted by molar-refractivity contribution is 5.92. The first-order valence-electron chi connectivity index (χ1n) is 4.67. The molecule has 0 saturated heterocycles. The Morgan fingerprint density at radius 3 is 2.38 bits per heavy atom. The van der Waals surface area contributed by atoms with Gasteiger partial charge < -0.3 is 10.6 Å². The minimum absolute atomic E-state index is 0.0310. The molecule has 0 aromatic carbocycles. The molecule has 0 rings (SSSR count). The van der Waals surface area contributed by atoms with E-state index in [1.165, 1.54) is 0 Å². The van der Waals surface area contributed by atoms with Crippen molar-refractivity contribution < 1.29 is 4.79 Å². The lowest BCUT2D eigenvalue weighted by atomic mass is 10.2. The summed E-state index contributed by atoms with van der Waals surface area (Å²) in [5.74, 6) is 0.0310. The maximum Gasteiger partial charge on any atom is 0.249 e. The van der Waals surface area contributed by atoms with Gasteiger partial charge in [0.15, 0.2) is 0 Å². The number of nitrogens with zero attached hydrogens (tertiary/aromatic N) is 1. The summed E-state index contributed by atoms with van der Waals surface area (Å²) in [5, 5.41) is 0. The van der Waals surface area contributed by atoms with E-state index in [2.05, 4.69) is 6.58 Å². The molecule has 0 saturated carbocycles. The van der Waals surface area contributed by atoms with Gasteiger partial charge in [0.25, 0.3) is 0 Å². The Labute approximate surface area is 80.6 Å². The van der Waals surface area contributed by atoms with Crippen molar-refractivity contribution >= 4 is 5.91 Å². The van der Waals surface area contributed by atoms with E-state index in [4.69, 9.17) is 5.73 Å². The van der Waals surface area contributed by atoms with E-state index < -0.39 is 0 Å². The van der Waals surface area contributed by atoms with E-state index in [0.717, 1.165) is 13.0 Å². The molecule has 0 aromatic heterocycles. The molecular formula is C10H20N2O. The van der Waals surface area contributed by atoms with Gasteiger partial charge in [-0.2, -0.15) is 0 Å². The van der Waals surface area contributed by atoms with Gasteiger partial charge in [0.2, 0.25) is 5.91 Å². The molecule has 0 spiro atoms. The van der Waals surface area contributed by atoms with Crippen LogP contribution in [-0.2, 0) is 4.79 Å². The van der Waals surface area contributed by atoms with Gasteiger partial charge in [-0.3, -0.25) is 4.79 Å². The molecule has 0 aliphatic carbocycles. The molecule has 0 unspecified atom stereocenters.